The van der Waals surface area contributed by atoms with Gasteiger partial charge < -0.3 is 15.6 Å². The number of hydrogen-bond donors (Lipinski definition) is 2. The van der Waals surface area contributed by atoms with E-state index >= 15 is 0 Å². The van der Waals surface area contributed by atoms with Crippen molar-refractivity contribution in [2.24, 2.45) is 5.73 Å². The number of primary amides is 1. The number of aliphatic hydroxyl groups is 1. The van der Waals surface area contributed by atoms with Gasteiger partial charge in [-0.25, -0.2) is 0 Å². The van der Waals surface area contributed by atoms with Crippen LogP contribution in [0.5, 0.6) is 0 Å². The molecule has 5 heteroatoms. The summed E-state index contributed by atoms with van der Waals surface area (Å²) < 4.78 is 4.79. The van der Waals surface area contributed by atoms with E-state index < -0.39 is 23.9 Å². The summed E-state index contributed by atoms with van der Waals surface area (Å²) in [6.07, 6.45) is -1.15. The second kappa shape index (κ2) is 7.53. The van der Waals surface area contributed by atoms with Gasteiger partial charge in [-0.2, -0.15) is 0 Å². The molecule has 104 valence electrons. The van der Waals surface area contributed by atoms with Crippen LogP contribution in [-0.2, 0) is 14.3 Å². The van der Waals surface area contributed by atoms with Crippen molar-refractivity contribution in [3.8, 4) is 0 Å². The van der Waals surface area contributed by atoms with Gasteiger partial charge in [0.2, 0.25) is 5.91 Å². The lowest BCUT2D eigenvalue weighted by atomic mass is 9.88. The van der Waals surface area contributed by atoms with Crippen molar-refractivity contribution in [1.82, 2.24) is 0 Å². The molecule has 0 saturated heterocycles. The maximum Gasteiger partial charge on any atom is 0.308 e. The molecule has 1 rings (SSSR count). The lowest BCUT2D eigenvalue weighted by molar-refractivity contribution is -0.146. The SMILES string of the molecule is CCOC(=O)CC(O)C(CC(N)=O)c1ccccc1. The smallest absolute Gasteiger partial charge is 0.308 e. The van der Waals surface area contributed by atoms with Crippen LogP contribution < -0.4 is 5.73 Å². The highest BCUT2D eigenvalue weighted by Crippen LogP contribution is 2.25. The molecular weight excluding hydrogens is 246 g/mol. The highest BCUT2D eigenvalue weighted by molar-refractivity contribution is 5.75. The van der Waals surface area contributed by atoms with Gasteiger partial charge >= 0.3 is 5.97 Å². The van der Waals surface area contributed by atoms with E-state index in [1.54, 1.807) is 31.2 Å². The van der Waals surface area contributed by atoms with Crippen molar-refractivity contribution in [2.75, 3.05) is 6.61 Å². The molecule has 0 saturated carbocycles. The fourth-order valence-electron chi connectivity index (χ4n) is 1.93. The van der Waals surface area contributed by atoms with Crippen LogP contribution in [0, 0.1) is 0 Å². The first-order valence-corrected chi connectivity index (χ1v) is 6.21. The Morgan fingerprint density at radius 3 is 2.42 bits per heavy atom. The lowest BCUT2D eigenvalue weighted by Crippen LogP contribution is -2.27. The molecule has 19 heavy (non-hydrogen) atoms. The molecule has 0 heterocycles. The minimum absolute atomic E-state index is 0.00934. The summed E-state index contributed by atoms with van der Waals surface area (Å²) >= 11 is 0. The minimum atomic E-state index is -0.992. The van der Waals surface area contributed by atoms with Gasteiger partial charge in [-0.1, -0.05) is 30.3 Å². The molecular formula is C14H19NO4. The Kier molecular flexibility index (Phi) is 6.02. The maximum absolute atomic E-state index is 11.4. The fraction of sp³-hybridized carbons (Fsp3) is 0.429. The van der Waals surface area contributed by atoms with Crippen molar-refractivity contribution < 1.29 is 19.4 Å². The quantitative estimate of drug-likeness (QED) is 0.718. The first-order chi connectivity index (χ1) is 9.04. The molecule has 2 atom stereocenters. The number of carbonyl (C=O) groups excluding carboxylic acids is 2. The van der Waals surface area contributed by atoms with E-state index in [1.807, 2.05) is 6.07 Å². The first-order valence-electron chi connectivity index (χ1n) is 6.21. The van der Waals surface area contributed by atoms with Gasteiger partial charge in [0.05, 0.1) is 19.1 Å². The van der Waals surface area contributed by atoms with Gasteiger partial charge in [0.15, 0.2) is 0 Å². The fourth-order valence-corrected chi connectivity index (χ4v) is 1.93. The topological polar surface area (TPSA) is 89.6 Å². The predicted molar refractivity (Wildman–Crippen MR) is 70.3 cm³/mol. The third-order valence-electron chi connectivity index (χ3n) is 2.79. The molecule has 0 fully saturated rings. The Morgan fingerprint density at radius 2 is 1.89 bits per heavy atom. The van der Waals surface area contributed by atoms with Crippen molar-refractivity contribution in [1.29, 1.82) is 0 Å². The number of benzene rings is 1. The maximum atomic E-state index is 11.4. The van der Waals surface area contributed by atoms with Crippen LogP contribution in [0.1, 0.15) is 31.2 Å². The van der Waals surface area contributed by atoms with Crippen molar-refractivity contribution >= 4 is 11.9 Å². The van der Waals surface area contributed by atoms with Crippen LogP contribution in [0.3, 0.4) is 0 Å². The summed E-state index contributed by atoms with van der Waals surface area (Å²) in [4.78, 5) is 22.5. The summed E-state index contributed by atoms with van der Waals surface area (Å²) in [5.74, 6) is -1.50. The summed E-state index contributed by atoms with van der Waals surface area (Å²) in [5, 5.41) is 10.1. The third kappa shape index (κ3) is 5.09. The number of carbonyl (C=O) groups is 2. The van der Waals surface area contributed by atoms with Crippen molar-refractivity contribution in [3.63, 3.8) is 0 Å². The number of rotatable bonds is 7. The second-order valence-corrected chi connectivity index (χ2v) is 4.26. The number of amides is 1. The molecule has 1 amide bonds. The van der Waals surface area contributed by atoms with E-state index in [0.717, 1.165) is 5.56 Å². The zero-order valence-corrected chi connectivity index (χ0v) is 10.9. The largest absolute Gasteiger partial charge is 0.466 e. The van der Waals surface area contributed by atoms with E-state index in [9.17, 15) is 14.7 Å². The molecule has 0 aliphatic heterocycles. The highest BCUT2D eigenvalue weighted by atomic mass is 16.5. The normalized spacial score (nSPS) is 13.6. The van der Waals surface area contributed by atoms with Gasteiger partial charge in [0.25, 0.3) is 0 Å². The molecule has 1 aromatic carbocycles. The molecule has 5 nitrogen and oxygen atoms in total. The third-order valence-corrected chi connectivity index (χ3v) is 2.79. The monoisotopic (exact) mass is 265 g/mol. The molecule has 0 aromatic heterocycles. The molecule has 0 radical (unpaired) electrons. The number of aliphatic hydroxyl groups excluding tert-OH is 1. The van der Waals surface area contributed by atoms with Crippen molar-refractivity contribution in [3.05, 3.63) is 35.9 Å². The molecule has 1 aromatic rings. The van der Waals surface area contributed by atoms with Crippen LogP contribution in [0.4, 0.5) is 0 Å². The summed E-state index contributed by atoms with van der Waals surface area (Å²) in [6, 6.07) is 9.04. The minimum Gasteiger partial charge on any atom is -0.466 e. The summed E-state index contributed by atoms with van der Waals surface area (Å²) in [5.41, 5.74) is 5.97. The molecule has 0 bridgehead atoms. The molecule has 0 aliphatic rings. The first kappa shape index (κ1) is 15.2. The van der Waals surface area contributed by atoms with Crippen LogP contribution in [0.15, 0.2) is 30.3 Å². The standard InChI is InChI=1S/C14H19NO4/c1-2-19-14(18)9-12(16)11(8-13(15)17)10-6-4-3-5-7-10/h3-7,11-12,16H,2,8-9H2,1H3,(H2,15,17). The van der Waals surface area contributed by atoms with Crippen LogP contribution in [0.2, 0.25) is 0 Å². The zero-order chi connectivity index (χ0) is 14.3. The second-order valence-electron chi connectivity index (χ2n) is 4.26. The molecule has 3 N–H and O–H groups in total. The number of hydrogen-bond acceptors (Lipinski definition) is 4. The zero-order valence-electron chi connectivity index (χ0n) is 10.9. The van der Waals surface area contributed by atoms with Gasteiger partial charge in [-0.15, -0.1) is 0 Å². The summed E-state index contributed by atoms with van der Waals surface area (Å²) in [7, 11) is 0. The molecule has 0 spiro atoms. The van der Waals surface area contributed by atoms with Gasteiger partial charge in [-0.05, 0) is 12.5 Å². The lowest BCUT2D eigenvalue weighted by Gasteiger charge is -2.21. The molecule has 2 unspecified atom stereocenters. The van der Waals surface area contributed by atoms with Crippen LogP contribution in [0.25, 0.3) is 0 Å². The average molecular weight is 265 g/mol. The van der Waals surface area contributed by atoms with Crippen molar-refractivity contribution in [2.45, 2.75) is 31.8 Å². The van der Waals surface area contributed by atoms with E-state index in [0.29, 0.717) is 0 Å². The van der Waals surface area contributed by atoms with Gasteiger partial charge in [0, 0.05) is 12.3 Å². The van der Waals surface area contributed by atoms with Gasteiger partial charge in [0.1, 0.15) is 0 Å². The van der Waals surface area contributed by atoms with Crippen LogP contribution in [-0.4, -0.2) is 29.7 Å². The predicted octanol–water partition coefficient (Wildman–Crippen LogP) is 0.960. The van der Waals surface area contributed by atoms with E-state index in [1.165, 1.54) is 0 Å². The number of esters is 1. The van der Waals surface area contributed by atoms with E-state index in [-0.39, 0.29) is 19.4 Å². The Hall–Kier alpha value is -1.88. The highest BCUT2D eigenvalue weighted by Gasteiger charge is 2.25. The number of ether oxygens (including phenoxy) is 1. The van der Waals surface area contributed by atoms with E-state index in [4.69, 9.17) is 10.5 Å². The van der Waals surface area contributed by atoms with Gasteiger partial charge in [-0.3, -0.25) is 9.59 Å². The Bertz CT molecular complexity index is 419. The van der Waals surface area contributed by atoms with Crippen LogP contribution >= 0.6 is 0 Å². The average Bonchev–Trinajstić information content (AvgIpc) is 2.37. The molecule has 0 aliphatic carbocycles. The summed E-state index contributed by atoms with van der Waals surface area (Å²) in [6.45, 7) is 1.96. The Morgan fingerprint density at radius 1 is 1.26 bits per heavy atom. The van der Waals surface area contributed by atoms with E-state index in [2.05, 4.69) is 0 Å². The Labute approximate surface area is 112 Å². The Balaban J connectivity index is 2.79. The number of nitrogens with two attached hydrogens (primary N) is 1.